The van der Waals surface area contributed by atoms with E-state index in [2.05, 4.69) is 18.9 Å². The van der Waals surface area contributed by atoms with Crippen molar-refractivity contribution in [1.82, 2.24) is 19.7 Å². The van der Waals surface area contributed by atoms with Gasteiger partial charge < -0.3 is 4.90 Å². The van der Waals surface area contributed by atoms with Crippen molar-refractivity contribution in [3.05, 3.63) is 23.5 Å². The Balaban J connectivity index is 1.73. The van der Waals surface area contributed by atoms with Crippen LogP contribution in [-0.2, 0) is 0 Å². The number of aromatic nitrogens is 3. The van der Waals surface area contributed by atoms with Gasteiger partial charge in [-0.15, -0.1) is 0 Å². The Morgan fingerprint density at radius 1 is 1.15 bits per heavy atom. The van der Waals surface area contributed by atoms with Crippen molar-refractivity contribution in [1.29, 1.82) is 0 Å². The summed E-state index contributed by atoms with van der Waals surface area (Å²) in [6, 6.07) is 2.64. The van der Waals surface area contributed by atoms with E-state index in [1.165, 1.54) is 38.5 Å². The van der Waals surface area contributed by atoms with Gasteiger partial charge in [-0.25, -0.2) is 9.67 Å². The van der Waals surface area contributed by atoms with Gasteiger partial charge >= 0.3 is 0 Å². The highest BCUT2D eigenvalue weighted by Crippen LogP contribution is 2.40. The van der Waals surface area contributed by atoms with Crippen LogP contribution in [0.5, 0.6) is 0 Å². The van der Waals surface area contributed by atoms with Crippen LogP contribution in [-0.4, -0.2) is 38.7 Å². The molecule has 0 radical (unpaired) electrons. The fourth-order valence-corrected chi connectivity index (χ4v) is 4.18. The minimum Gasteiger partial charge on any atom is -0.339 e. The van der Waals surface area contributed by atoms with E-state index < -0.39 is 0 Å². The third-order valence-corrected chi connectivity index (χ3v) is 5.99. The Bertz CT molecular complexity index is 798. The number of fused-ring (bicyclic) bond motifs is 1. The topological polar surface area (TPSA) is 51.0 Å². The van der Waals surface area contributed by atoms with E-state index in [1.54, 1.807) is 0 Å². The summed E-state index contributed by atoms with van der Waals surface area (Å²) in [7, 11) is 1.98. The molecule has 0 N–H and O–H groups in total. The lowest BCUT2D eigenvalue weighted by molar-refractivity contribution is 0.0719. The summed E-state index contributed by atoms with van der Waals surface area (Å²) >= 11 is 0. The van der Waals surface area contributed by atoms with Gasteiger partial charge in [-0.05, 0) is 45.6 Å². The number of hydrogen-bond donors (Lipinski definition) is 0. The molecule has 5 nitrogen and oxygen atoms in total. The highest BCUT2D eigenvalue weighted by atomic mass is 16.2. The Labute approximate surface area is 155 Å². The van der Waals surface area contributed by atoms with Crippen LogP contribution in [0.15, 0.2) is 12.3 Å². The predicted molar refractivity (Wildman–Crippen MR) is 103 cm³/mol. The molecule has 2 aliphatic carbocycles. The van der Waals surface area contributed by atoms with Crippen molar-refractivity contribution in [2.45, 2.75) is 83.2 Å². The molecule has 26 heavy (non-hydrogen) atoms. The van der Waals surface area contributed by atoms with Crippen LogP contribution in [0.25, 0.3) is 11.0 Å². The normalized spacial score (nSPS) is 19.1. The zero-order chi connectivity index (χ0) is 18.3. The van der Waals surface area contributed by atoms with Crippen LogP contribution in [0, 0.1) is 0 Å². The first-order valence-corrected chi connectivity index (χ1v) is 10.2. The van der Waals surface area contributed by atoms with Gasteiger partial charge in [0.25, 0.3) is 5.91 Å². The molecule has 0 spiro atoms. The Morgan fingerprint density at radius 2 is 1.85 bits per heavy atom. The van der Waals surface area contributed by atoms with Crippen molar-refractivity contribution in [2.75, 3.05) is 7.05 Å². The van der Waals surface area contributed by atoms with Crippen LogP contribution < -0.4 is 0 Å². The summed E-state index contributed by atoms with van der Waals surface area (Å²) in [5.41, 5.74) is 2.72. The van der Waals surface area contributed by atoms with Gasteiger partial charge in [-0.2, -0.15) is 5.10 Å². The van der Waals surface area contributed by atoms with Crippen molar-refractivity contribution in [3.8, 4) is 0 Å². The van der Waals surface area contributed by atoms with E-state index in [-0.39, 0.29) is 11.9 Å². The third kappa shape index (κ3) is 3.24. The number of pyridine rings is 1. The van der Waals surface area contributed by atoms with Crippen LogP contribution in [0.2, 0.25) is 0 Å². The first-order chi connectivity index (χ1) is 12.6. The second kappa shape index (κ2) is 7.01. The molecule has 0 saturated heterocycles. The van der Waals surface area contributed by atoms with Crippen molar-refractivity contribution in [2.24, 2.45) is 0 Å². The standard InChI is InChI=1S/C21H30N4O/c1-14(2)25-20-18(13-22-25)17(12-19(23-20)15-10-11-15)21(26)24(3)16-8-6-4-5-7-9-16/h12-16H,4-11H2,1-3H3. The summed E-state index contributed by atoms with van der Waals surface area (Å²) < 4.78 is 1.95. The number of nitrogens with zero attached hydrogens (tertiary/aromatic N) is 4. The average Bonchev–Trinajstić information content (AvgIpc) is 3.43. The molecule has 5 heteroatoms. The maximum atomic E-state index is 13.4. The molecule has 2 fully saturated rings. The quantitative estimate of drug-likeness (QED) is 0.749. The van der Waals surface area contributed by atoms with Gasteiger partial charge in [0.2, 0.25) is 0 Å². The number of carbonyl (C=O) groups is 1. The van der Waals surface area contributed by atoms with E-state index in [1.807, 2.05) is 28.9 Å². The van der Waals surface area contributed by atoms with Gasteiger partial charge in [0.05, 0.1) is 17.1 Å². The minimum absolute atomic E-state index is 0.134. The van der Waals surface area contributed by atoms with Crippen LogP contribution in [0.1, 0.15) is 93.2 Å². The molecule has 0 atom stereocenters. The summed E-state index contributed by atoms with van der Waals surface area (Å²) in [6.07, 6.45) is 11.5. The highest BCUT2D eigenvalue weighted by Gasteiger charge is 2.30. The number of hydrogen-bond acceptors (Lipinski definition) is 3. The molecule has 1 amide bonds. The molecule has 2 saturated carbocycles. The lowest BCUT2D eigenvalue weighted by Crippen LogP contribution is -2.37. The maximum Gasteiger partial charge on any atom is 0.254 e. The van der Waals surface area contributed by atoms with Crippen molar-refractivity contribution < 1.29 is 4.79 Å². The average molecular weight is 354 g/mol. The molecule has 2 heterocycles. The van der Waals surface area contributed by atoms with Crippen molar-refractivity contribution >= 4 is 16.9 Å². The lowest BCUT2D eigenvalue weighted by Gasteiger charge is -2.27. The molecule has 2 aromatic heterocycles. The Morgan fingerprint density at radius 3 is 2.46 bits per heavy atom. The van der Waals surface area contributed by atoms with E-state index in [0.717, 1.165) is 35.1 Å². The maximum absolute atomic E-state index is 13.4. The molecule has 140 valence electrons. The zero-order valence-corrected chi connectivity index (χ0v) is 16.2. The summed E-state index contributed by atoms with van der Waals surface area (Å²) in [5.74, 6) is 0.652. The minimum atomic E-state index is 0.134. The summed E-state index contributed by atoms with van der Waals surface area (Å²) in [4.78, 5) is 20.3. The zero-order valence-electron chi connectivity index (χ0n) is 16.2. The van der Waals surface area contributed by atoms with Gasteiger partial charge in [0, 0.05) is 30.7 Å². The molecular formula is C21H30N4O. The number of amides is 1. The Hall–Kier alpha value is -1.91. The van der Waals surface area contributed by atoms with E-state index in [9.17, 15) is 4.79 Å². The first-order valence-electron chi connectivity index (χ1n) is 10.2. The second-order valence-electron chi connectivity index (χ2n) is 8.35. The molecule has 0 aliphatic heterocycles. The molecule has 2 aliphatic rings. The summed E-state index contributed by atoms with van der Waals surface area (Å²) in [5, 5.41) is 5.43. The van der Waals surface area contributed by atoms with E-state index in [0.29, 0.717) is 12.0 Å². The molecule has 0 bridgehead atoms. The first kappa shape index (κ1) is 17.5. The SMILES string of the molecule is CC(C)n1ncc2c(C(=O)N(C)C3CCCCCC3)cc(C3CC3)nc21. The third-order valence-electron chi connectivity index (χ3n) is 5.99. The molecule has 4 rings (SSSR count). The van der Waals surface area contributed by atoms with Crippen molar-refractivity contribution in [3.63, 3.8) is 0 Å². The smallest absolute Gasteiger partial charge is 0.254 e. The van der Waals surface area contributed by atoms with Gasteiger partial charge in [-0.3, -0.25) is 4.79 Å². The van der Waals surface area contributed by atoms with Crippen LogP contribution >= 0.6 is 0 Å². The number of carbonyl (C=O) groups excluding carboxylic acids is 1. The van der Waals surface area contributed by atoms with E-state index in [4.69, 9.17) is 4.98 Å². The Kier molecular flexibility index (Phi) is 4.72. The van der Waals surface area contributed by atoms with Crippen LogP contribution in [0.4, 0.5) is 0 Å². The van der Waals surface area contributed by atoms with Crippen LogP contribution in [0.3, 0.4) is 0 Å². The predicted octanol–water partition coefficient (Wildman–Crippen LogP) is 4.68. The fourth-order valence-electron chi connectivity index (χ4n) is 4.18. The fraction of sp³-hybridized carbons (Fsp3) is 0.667. The van der Waals surface area contributed by atoms with E-state index >= 15 is 0 Å². The van der Waals surface area contributed by atoms with Gasteiger partial charge in [0.1, 0.15) is 0 Å². The summed E-state index contributed by atoms with van der Waals surface area (Å²) in [6.45, 7) is 4.22. The highest BCUT2D eigenvalue weighted by molar-refractivity contribution is 6.05. The monoisotopic (exact) mass is 354 g/mol. The molecule has 0 unspecified atom stereocenters. The largest absolute Gasteiger partial charge is 0.339 e. The van der Waals surface area contributed by atoms with Gasteiger partial charge in [0.15, 0.2) is 5.65 Å². The lowest BCUT2D eigenvalue weighted by atomic mass is 10.0. The molecular weight excluding hydrogens is 324 g/mol. The second-order valence-corrected chi connectivity index (χ2v) is 8.35. The molecule has 0 aromatic carbocycles. The van der Waals surface area contributed by atoms with Gasteiger partial charge in [-0.1, -0.05) is 25.7 Å². The molecule has 2 aromatic rings. The number of rotatable bonds is 4.